The van der Waals surface area contributed by atoms with Crippen molar-refractivity contribution in [2.24, 2.45) is 0 Å². The molecule has 4 nitrogen and oxygen atoms in total. The maximum absolute atomic E-state index is 11.5. The zero-order chi connectivity index (χ0) is 14.4. The number of esters is 1. The fourth-order valence-electron chi connectivity index (χ4n) is 2.03. The van der Waals surface area contributed by atoms with E-state index in [9.17, 15) is 4.79 Å². The zero-order valence-corrected chi connectivity index (χ0v) is 11.7. The molecule has 0 saturated carbocycles. The number of carbonyl (C=O) groups excluding carboxylic acids is 1. The third kappa shape index (κ3) is 3.35. The Morgan fingerprint density at radius 2 is 2.00 bits per heavy atom. The van der Waals surface area contributed by atoms with E-state index in [-0.39, 0.29) is 5.97 Å². The summed E-state index contributed by atoms with van der Waals surface area (Å²) in [6.07, 6.45) is 2.59. The van der Waals surface area contributed by atoms with Gasteiger partial charge in [-0.15, -0.1) is 0 Å². The van der Waals surface area contributed by atoms with Gasteiger partial charge in [0.05, 0.1) is 12.7 Å². The van der Waals surface area contributed by atoms with E-state index < -0.39 is 0 Å². The molecule has 0 atom stereocenters. The van der Waals surface area contributed by atoms with Gasteiger partial charge < -0.3 is 10.1 Å². The van der Waals surface area contributed by atoms with E-state index in [4.69, 9.17) is 4.74 Å². The highest BCUT2D eigenvalue weighted by molar-refractivity contribution is 5.89. The fraction of sp³-hybridized carbons (Fsp3) is 0.250. The second kappa shape index (κ2) is 6.70. The second-order valence-electron chi connectivity index (χ2n) is 4.40. The van der Waals surface area contributed by atoms with E-state index in [1.54, 1.807) is 18.3 Å². The topological polar surface area (TPSA) is 51.2 Å². The summed E-state index contributed by atoms with van der Waals surface area (Å²) >= 11 is 0. The van der Waals surface area contributed by atoms with Crippen molar-refractivity contribution in [2.45, 2.75) is 19.9 Å². The number of aromatic nitrogens is 1. The predicted molar refractivity (Wildman–Crippen MR) is 78.7 cm³/mol. The zero-order valence-electron chi connectivity index (χ0n) is 11.7. The smallest absolute Gasteiger partial charge is 0.338 e. The van der Waals surface area contributed by atoms with E-state index in [0.717, 1.165) is 6.42 Å². The number of hydrogen-bond donors (Lipinski definition) is 1. The Labute approximate surface area is 118 Å². The van der Waals surface area contributed by atoms with Crippen LogP contribution in [-0.2, 0) is 17.7 Å². The normalized spacial score (nSPS) is 10.1. The van der Waals surface area contributed by atoms with Crippen LogP contribution in [0.4, 0.5) is 5.82 Å². The molecule has 0 aliphatic heterocycles. The molecule has 1 aromatic heterocycles. The van der Waals surface area contributed by atoms with E-state index >= 15 is 0 Å². The van der Waals surface area contributed by atoms with E-state index in [1.165, 1.54) is 18.2 Å². The van der Waals surface area contributed by atoms with Gasteiger partial charge >= 0.3 is 5.97 Å². The largest absolute Gasteiger partial charge is 0.465 e. The number of nitrogens with zero attached hydrogens (tertiary/aromatic N) is 1. The van der Waals surface area contributed by atoms with E-state index in [0.29, 0.717) is 17.9 Å². The van der Waals surface area contributed by atoms with Gasteiger partial charge in [-0.1, -0.05) is 31.2 Å². The Balaban J connectivity index is 2.09. The van der Waals surface area contributed by atoms with E-state index in [2.05, 4.69) is 29.4 Å². The van der Waals surface area contributed by atoms with E-state index in [1.807, 2.05) is 12.1 Å². The molecular weight excluding hydrogens is 252 g/mol. The van der Waals surface area contributed by atoms with Crippen LogP contribution in [0, 0.1) is 0 Å². The number of pyridine rings is 1. The number of hydrogen-bond acceptors (Lipinski definition) is 4. The molecule has 0 aliphatic rings. The van der Waals surface area contributed by atoms with Gasteiger partial charge in [0, 0.05) is 12.7 Å². The number of ether oxygens (including phenoxy) is 1. The molecule has 0 unspecified atom stereocenters. The molecule has 0 fully saturated rings. The number of carbonyl (C=O) groups is 1. The summed E-state index contributed by atoms with van der Waals surface area (Å²) in [6, 6.07) is 11.6. The molecule has 0 saturated heterocycles. The van der Waals surface area contributed by atoms with Gasteiger partial charge in [-0.2, -0.15) is 0 Å². The third-order valence-electron chi connectivity index (χ3n) is 3.14. The van der Waals surface area contributed by atoms with Gasteiger partial charge in [0.2, 0.25) is 0 Å². The lowest BCUT2D eigenvalue weighted by Gasteiger charge is -2.10. The second-order valence-corrected chi connectivity index (χ2v) is 4.40. The van der Waals surface area contributed by atoms with Crippen molar-refractivity contribution >= 4 is 11.8 Å². The van der Waals surface area contributed by atoms with Gasteiger partial charge in [-0.05, 0) is 29.7 Å². The fourth-order valence-corrected chi connectivity index (χ4v) is 2.03. The van der Waals surface area contributed by atoms with Gasteiger partial charge in [0.25, 0.3) is 0 Å². The van der Waals surface area contributed by atoms with Crippen molar-refractivity contribution in [3.8, 4) is 0 Å². The van der Waals surface area contributed by atoms with Crippen LogP contribution in [-0.4, -0.2) is 18.1 Å². The summed E-state index contributed by atoms with van der Waals surface area (Å²) in [4.78, 5) is 15.7. The highest BCUT2D eigenvalue weighted by Crippen LogP contribution is 2.13. The number of benzene rings is 1. The molecule has 0 aliphatic carbocycles. The summed E-state index contributed by atoms with van der Waals surface area (Å²) in [5.74, 6) is 0.309. The van der Waals surface area contributed by atoms with Crippen LogP contribution in [0.5, 0.6) is 0 Å². The standard InChI is InChI=1S/C16H18N2O2/c1-3-12-6-4-5-7-14(12)11-18-15-10-13(8-9-17-15)16(19)20-2/h4-10H,3,11H2,1-2H3,(H,17,18). The molecule has 2 aromatic rings. The highest BCUT2D eigenvalue weighted by Gasteiger charge is 2.06. The van der Waals surface area contributed by atoms with Crippen LogP contribution >= 0.6 is 0 Å². The molecule has 20 heavy (non-hydrogen) atoms. The maximum Gasteiger partial charge on any atom is 0.338 e. The molecule has 1 aromatic carbocycles. The first kappa shape index (κ1) is 14.1. The van der Waals surface area contributed by atoms with Crippen molar-refractivity contribution < 1.29 is 9.53 Å². The molecule has 4 heteroatoms. The first-order valence-electron chi connectivity index (χ1n) is 6.59. The van der Waals surface area contributed by atoms with Gasteiger partial charge in [0.15, 0.2) is 0 Å². The van der Waals surface area contributed by atoms with Gasteiger partial charge in [-0.3, -0.25) is 0 Å². The minimum Gasteiger partial charge on any atom is -0.465 e. The molecule has 1 N–H and O–H groups in total. The maximum atomic E-state index is 11.5. The SMILES string of the molecule is CCc1ccccc1CNc1cc(C(=O)OC)ccn1. The molecule has 1 heterocycles. The van der Waals surface area contributed by atoms with Crippen molar-refractivity contribution in [1.29, 1.82) is 0 Å². The summed E-state index contributed by atoms with van der Waals surface area (Å²) in [6.45, 7) is 2.82. The molecule has 0 amide bonds. The predicted octanol–water partition coefficient (Wildman–Crippen LogP) is 3.04. The summed E-state index contributed by atoms with van der Waals surface area (Å²) < 4.78 is 4.70. The van der Waals surface area contributed by atoms with Crippen molar-refractivity contribution in [3.63, 3.8) is 0 Å². The first-order chi connectivity index (χ1) is 9.74. The van der Waals surface area contributed by atoms with Crippen molar-refractivity contribution in [3.05, 3.63) is 59.3 Å². The van der Waals surface area contributed by atoms with Crippen LogP contribution in [0.25, 0.3) is 0 Å². The lowest BCUT2D eigenvalue weighted by molar-refractivity contribution is 0.0600. The Hall–Kier alpha value is -2.36. The summed E-state index contributed by atoms with van der Waals surface area (Å²) in [5.41, 5.74) is 3.04. The molecule has 0 bridgehead atoms. The minimum absolute atomic E-state index is 0.357. The molecular formula is C16H18N2O2. The number of nitrogens with one attached hydrogen (secondary N) is 1. The molecule has 104 valence electrons. The van der Waals surface area contributed by atoms with Crippen molar-refractivity contribution in [1.82, 2.24) is 4.98 Å². The number of anilines is 1. The number of methoxy groups -OCH3 is 1. The van der Waals surface area contributed by atoms with Gasteiger partial charge in [-0.25, -0.2) is 9.78 Å². The summed E-state index contributed by atoms with van der Waals surface area (Å²) in [5, 5.41) is 3.24. The van der Waals surface area contributed by atoms with Crippen LogP contribution in [0.3, 0.4) is 0 Å². The Bertz CT molecular complexity index is 597. The summed E-state index contributed by atoms with van der Waals surface area (Å²) in [7, 11) is 1.37. The van der Waals surface area contributed by atoms with Crippen LogP contribution in [0.2, 0.25) is 0 Å². The monoisotopic (exact) mass is 270 g/mol. The average Bonchev–Trinajstić information content (AvgIpc) is 2.52. The quantitative estimate of drug-likeness (QED) is 0.848. The number of rotatable bonds is 5. The third-order valence-corrected chi connectivity index (χ3v) is 3.14. The van der Waals surface area contributed by atoms with Crippen LogP contribution in [0.15, 0.2) is 42.6 Å². The Morgan fingerprint density at radius 3 is 2.70 bits per heavy atom. The molecule has 2 rings (SSSR count). The Morgan fingerprint density at radius 1 is 1.25 bits per heavy atom. The minimum atomic E-state index is -0.357. The molecule has 0 spiro atoms. The lowest BCUT2D eigenvalue weighted by Crippen LogP contribution is -2.06. The average molecular weight is 270 g/mol. The lowest BCUT2D eigenvalue weighted by atomic mass is 10.1. The molecule has 0 radical (unpaired) electrons. The van der Waals surface area contributed by atoms with Crippen molar-refractivity contribution in [2.75, 3.05) is 12.4 Å². The first-order valence-corrected chi connectivity index (χ1v) is 6.59. The van der Waals surface area contributed by atoms with Crippen LogP contribution in [0.1, 0.15) is 28.4 Å². The van der Waals surface area contributed by atoms with Gasteiger partial charge in [0.1, 0.15) is 5.82 Å². The number of aryl methyl sites for hydroxylation is 1. The highest BCUT2D eigenvalue weighted by atomic mass is 16.5. The van der Waals surface area contributed by atoms with Crippen LogP contribution < -0.4 is 5.32 Å². The Kier molecular flexibility index (Phi) is 4.71.